The Morgan fingerprint density at radius 2 is 1.67 bits per heavy atom. The van der Waals surface area contributed by atoms with Crippen LogP contribution in [0.15, 0.2) is 35.9 Å². The minimum Gasteiger partial charge on any atom is -0.507 e. The number of allylic oxidation sites excluding steroid dienone is 1. The van der Waals surface area contributed by atoms with E-state index in [2.05, 4.69) is 0 Å². The molecule has 3 heteroatoms. The van der Waals surface area contributed by atoms with Crippen LogP contribution < -0.4 is 0 Å². The summed E-state index contributed by atoms with van der Waals surface area (Å²) in [6, 6.07) is 9.46. The van der Waals surface area contributed by atoms with Crippen molar-refractivity contribution in [3.8, 4) is 11.5 Å². The van der Waals surface area contributed by atoms with Crippen LogP contribution >= 0.6 is 0 Å². The van der Waals surface area contributed by atoms with Gasteiger partial charge in [0.05, 0.1) is 0 Å². The monoisotopic (exact) mass is 280 g/mol. The van der Waals surface area contributed by atoms with Crippen molar-refractivity contribution in [3.63, 3.8) is 0 Å². The summed E-state index contributed by atoms with van der Waals surface area (Å²) < 4.78 is 0. The first kappa shape index (κ1) is 13.4. The fourth-order valence-electron chi connectivity index (χ4n) is 2.77. The van der Waals surface area contributed by atoms with Crippen LogP contribution in [0.2, 0.25) is 0 Å². The molecule has 0 saturated carbocycles. The van der Waals surface area contributed by atoms with Gasteiger partial charge in [-0.3, -0.25) is 4.79 Å². The number of fused-ring (bicyclic) bond motifs is 1. The number of carbonyl (C=O) groups excluding carboxylic acids is 1. The molecule has 1 aliphatic carbocycles. The average molecular weight is 280 g/mol. The van der Waals surface area contributed by atoms with Gasteiger partial charge in [0.15, 0.2) is 5.78 Å². The van der Waals surface area contributed by atoms with Crippen molar-refractivity contribution >= 4 is 11.9 Å². The number of carbonyl (C=O) groups is 1. The number of hydrogen-bond acceptors (Lipinski definition) is 3. The standard InChI is InChI=1S/C18H16O3/c1-10-7-11(2)17(20)15(16(10)19)18(21)14-8-12-5-3-4-6-13(12)9-14/h3-8,19-20H,9H2,1-2H3. The van der Waals surface area contributed by atoms with Crippen LogP contribution in [0.1, 0.15) is 32.6 Å². The molecule has 21 heavy (non-hydrogen) atoms. The first-order valence-corrected chi connectivity index (χ1v) is 6.84. The molecular weight excluding hydrogens is 264 g/mol. The molecule has 0 amide bonds. The summed E-state index contributed by atoms with van der Waals surface area (Å²) in [5, 5.41) is 20.3. The highest BCUT2D eigenvalue weighted by Gasteiger charge is 2.26. The lowest BCUT2D eigenvalue weighted by Crippen LogP contribution is -2.06. The number of ketones is 1. The molecule has 0 aliphatic heterocycles. The summed E-state index contributed by atoms with van der Waals surface area (Å²) in [4.78, 5) is 12.7. The van der Waals surface area contributed by atoms with E-state index < -0.39 is 0 Å². The molecular formula is C18H16O3. The molecule has 2 aromatic rings. The summed E-state index contributed by atoms with van der Waals surface area (Å²) >= 11 is 0. The molecule has 0 atom stereocenters. The van der Waals surface area contributed by atoms with Crippen molar-refractivity contribution in [1.82, 2.24) is 0 Å². The molecule has 2 aromatic carbocycles. The van der Waals surface area contributed by atoms with Crippen LogP contribution in [-0.4, -0.2) is 16.0 Å². The summed E-state index contributed by atoms with van der Waals surface area (Å²) in [6.45, 7) is 3.44. The summed E-state index contributed by atoms with van der Waals surface area (Å²) in [5.41, 5.74) is 3.88. The Morgan fingerprint density at radius 1 is 1.05 bits per heavy atom. The Labute approximate surface area is 123 Å². The van der Waals surface area contributed by atoms with E-state index in [0.29, 0.717) is 23.1 Å². The van der Waals surface area contributed by atoms with Crippen LogP contribution in [0.4, 0.5) is 0 Å². The van der Waals surface area contributed by atoms with Gasteiger partial charge in [-0.05, 0) is 48.2 Å². The van der Waals surface area contributed by atoms with Gasteiger partial charge in [-0.2, -0.15) is 0 Å². The van der Waals surface area contributed by atoms with Gasteiger partial charge in [-0.25, -0.2) is 0 Å². The minimum absolute atomic E-state index is 0.00607. The first-order valence-electron chi connectivity index (χ1n) is 6.84. The molecule has 0 bridgehead atoms. The average Bonchev–Trinajstić information content (AvgIpc) is 2.89. The molecule has 106 valence electrons. The highest BCUT2D eigenvalue weighted by Crippen LogP contribution is 2.37. The highest BCUT2D eigenvalue weighted by atomic mass is 16.3. The number of phenols is 2. The molecule has 0 radical (unpaired) electrons. The largest absolute Gasteiger partial charge is 0.507 e. The second-order valence-corrected chi connectivity index (χ2v) is 5.46. The summed E-state index contributed by atoms with van der Waals surface area (Å²) in [5.74, 6) is -0.590. The van der Waals surface area contributed by atoms with Gasteiger partial charge in [0.2, 0.25) is 0 Å². The molecule has 0 aromatic heterocycles. The Hall–Kier alpha value is -2.55. The number of aromatic hydroxyl groups is 2. The van der Waals surface area contributed by atoms with E-state index in [0.717, 1.165) is 11.1 Å². The van der Waals surface area contributed by atoms with Crippen LogP contribution in [-0.2, 0) is 6.42 Å². The fourth-order valence-corrected chi connectivity index (χ4v) is 2.77. The number of benzene rings is 2. The van der Waals surface area contributed by atoms with E-state index in [1.807, 2.05) is 30.3 Å². The van der Waals surface area contributed by atoms with Gasteiger partial charge in [0.1, 0.15) is 17.1 Å². The molecule has 0 unspecified atom stereocenters. The summed E-state index contributed by atoms with van der Waals surface area (Å²) in [6.07, 6.45) is 2.36. The molecule has 1 aliphatic rings. The Kier molecular flexibility index (Phi) is 3.05. The van der Waals surface area contributed by atoms with Gasteiger partial charge in [0.25, 0.3) is 0 Å². The zero-order chi connectivity index (χ0) is 15.1. The smallest absolute Gasteiger partial charge is 0.196 e. The molecule has 0 spiro atoms. The molecule has 0 heterocycles. The maximum atomic E-state index is 12.7. The van der Waals surface area contributed by atoms with Gasteiger partial charge in [-0.15, -0.1) is 0 Å². The fraction of sp³-hybridized carbons (Fsp3) is 0.167. The molecule has 0 fully saturated rings. The van der Waals surface area contributed by atoms with Crippen molar-refractivity contribution in [2.24, 2.45) is 0 Å². The zero-order valence-electron chi connectivity index (χ0n) is 12.0. The van der Waals surface area contributed by atoms with Crippen molar-refractivity contribution < 1.29 is 15.0 Å². The van der Waals surface area contributed by atoms with Crippen molar-refractivity contribution in [2.75, 3.05) is 0 Å². The van der Waals surface area contributed by atoms with Crippen LogP contribution in [0, 0.1) is 13.8 Å². The van der Waals surface area contributed by atoms with E-state index in [1.54, 1.807) is 19.9 Å². The van der Waals surface area contributed by atoms with Crippen LogP contribution in [0.25, 0.3) is 6.08 Å². The minimum atomic E-state index is -0.312. The maximum absolute atomic E-state index is 12.7. The summed E-state index contributed by atoms with van der Waals surface area (Å²) in [7, 11) is 0. The third kappa shape index (κ3) is 2.11. The Bertz CT molecular complexity index is 759. The third-order valence-electron chi connectivity index (χ3n) is 3.94. The van der Waals surface area contributed by atoms with Crippen molar-refractivity contribution in [3.05, 3.63) is 63.7 Å². The Balaban J connectivity index is 2.06. The quantitative estimate of drug-likeness (QED) is 0.827. The SMILES string of the molecule is Cc1cc(C)c(O)c(C(=O)C2=Cc3ccccc3C2)c1O. The van der Waals surface area contributed by atoms with Gasteiger partial charge < -0.3 is 10.2 Å². The highest BCUT2D eigenvalue weighted by molar-refractivity contribution is 6.16. The Morgan fingerprint density at radius 3 is 2.29 bits per heavy atom. The molecule has 2 N–H and O–H groups in total. The predicted octanol–water partition coefficient (Wildman–Crippen LogP) is 3.54. The number of phenolic OH excluding ortho intramolecular Hbond substituents is 2. The number of rotatable bonds is 2. The van der Waals surface area contributed by atoms with E-state index >= 15 is 0 Å². The van der Waals surface area contributed by atoms with E-state index in [4.69, 9.17) is 0 Å². The van der Waals surface area contributed by atoms with Crippen LogP contribution in [0.3, 0.4) is 0 Å². The maximum Gasteiger partial charge on any atom is 0.196 e. The third-order valence-corrected chi connectivity index (χ3v) is 3.94. The molecule has 0 saturated heterocycles. The van der Waals surface area contributed by atoms with Gasteiger partial charge >= 0.3 is 0 Å². The number of hydrogen-bond donors (Lipinski definition) is 2. The lowest BCUT2D eigenvalue weighted by molar-refractivity contribution is 0.102. The van der Waals surface area contributed by atoms with Crippen molar-refractivity contribution in [1.29, 1.82) is 0 Å². The second kappa shape index (κ2) is 4.77. The van der Waals surface area contributed by atoms with Gasteiger partial charge in [-0.1, -0.05) is 24.3 Å². The van der Waals surface area contributed by atoms with Gasteiger partial charge in [0, 0.05) is 12.0 Å². The zero-order valence-corrected chi connectivity index (χ0v) is 12.0. The second-order valence-electron chi connectivity index (χ2n) is 5.46. The number of Topliss-reactive ketones (excluding diaryl/α,β-unsaturated/α-hetero) is 1. The van der Waals surface area contributed by atoms with E-state index in [-0.39, 0.29) is 22.8 Å². The normalized spacial score (nSPS) is 13.0. The van der Waals surface area contributed by atoms with Crippen LogP contribution in [0.5, 0.6) is 11.5 Å². The van der Waals surface area contributed by atoms with E-state index in [9.17, 15) is 15.0 Å². The molecule has 3 nitrogen and oxygen atoms in total. The topological polar surface area (TPSA) is 57.5 Å². The number of aryl methyl sites for hydroxylation is 2. The lowest BCUT2D eigenvalue weighted by atomic mass is 9.95. The lowest BCUT2D eigenvalue weighted by Gasteiger charge is -2.11. The van der Waals surface area contributed by atoms with Crippen molar-refractivity contribution in [2.45, 2.75) is 20.3 Å². The predicted molar refractivity (Wildman–Crippen MR) is 81.7 cm³/mol. The first-order chi connectivity index (χ1) is 9.99. The van der Waals surface area contributed by atoms with E-state index in [1.165, 1.54) is 0 Å². The molecule has 3 rings (SSSR count).